The zero-order valence-corrected chi connectivity index (χ0v) is 7.64. The Hall–Kier alpha value is -0.370. The lowest BCUT2D eigenvalue weighted by molar-refractivity contribution is -0.179. The van der Waals surface area contributed by atoms with Crippen molar-refractivity contribution in [1.82, 2.24) is 0 Å². The van der Waals surface area contributed by atoms with Crippen LogP contribution in [-0.2, 0) is 9.53 Å². The summed E-state index contributed by atoms with van der Waals surface area (Å²) in [5.74, 6) is 0.689. The van der Waals surface area contributed by atoms with Crippen LogP contribution < -0.4 is 0 Å². The Morgan fingerprint density at radius 1 is 1.58 bits per heavy atom. The first-order valence-electron chi connectivity index (χ1n) is 4.95. The van der Waals surface area contributed by atoms with Gasteiger partial charge >= 0.3 is 0 Å². The summed E-state index contributed by atoms with van der Waals surface area (Å²) in [7, 11) is 0. The fraction of sp³-hybridized carbons (Fsp3) is 0.900. The van der Waals surface area contributed by atoms with E-state index < -0.39 is 0 Å². The Labute approximate surface area is 73.3 Å². The minimum absolute atomic E-state index is 0.00984. The first-order chi connectivity index (χ1) is 5.78. The van der Waals surface area contributed by atoms with Gasteiger partial charge in [-0.2, -0.15) is 0 Å². The van der Waals surface area contributed by atoms with Gasteiger partial charge < -0.3 is 4.74 Å². The predicted molar refractivity (Wildman–Crippen MR) is 45.9 cm³/mol. The molecule has 0 saturated heterocycles. The molecule has 0 amide bonds. The summed E-state index contributed by atoms with van der Waals surface area (Å²) < 4.78 is 5.72. The molecule has 0 spiro atoms. The highest BCUT2D eigenvalue weighted by Gasteiger charge is 2.54. The van der Waals surface area contributed by atoms with Crippen LogP contribution in [0.15, 0.2) is 0 Å². The van der Waals surface area contributed by atoms with E-state index in [0.29, 0.717) is 12.2 Å². The number of Topliss-reactive ketones (excluding diaryl/α,β-unsaturated/α-hetero) is 1. The fourth-order valence-electron chi connectivity index (χ4n) is 2.67. The molecule has 0 aromatic carbocycles. The summed E-state index contributed by atoms with van der Waals surface area (Å²) in [4.78, 5) is 11.3. The first-order valence-corrected chi connectivity index (χ1v) is 4.95. The smallest absolute Gasteiger partial charge is 0.141 e. The normalized spacial score (nSPS) is 40.4. The number of carbonyl (C=O) groups is 1. The molecule has 2 aliphatic rings. The average molecular weight is 168 g/mol. The molecule has 2 saturated carbocycles. The number of fused-ring (bicyclic) bond motifs is 1. The van der Waals surface area contributed by atoms with Crippen LogP contribution in [0, 0.1) is 5.92 Å². The second-order valence-corrected chi connectivity index (χ2v) is 3.94. The van der Waals surface area contributed by atoms with Crippen molar-refractivity contribution in [3.63, 3.8) is 0 Å². The number of rotatable bonds is 2. The van der Waals surface area contributed by atoms with Crippen LogP contribution in [0.3, 0.4) is 0 Å². The van der Waals surface area contributed by atoms with Crippen molar-refractivity contribution < 1.29 is 9.53 Å². The molecule has 2 fully saturated rings. The van der Waals surface area contributed by atoms with Crippen molar-refractivity contribution in [2.75, 3.05) is 6.61 Å². The van der Waals surface area contributed by atoms with E-state index in [9.17, 15) is 4.79 Å². The van der Waals surface area contributed by atoms with Crippen molar-refractivity contribution in [1.29, 1.82) is 0 Å². The van der Waals surface area contributed by atoms with Gasteiger partial charge in [-0.3, -0.25) is 4.79 Å². The molecule has 0 aliphatic heterocycles. The van der Waals surface area contributed by atoms with Crippen LogP contribution in [0.1, 0.15) is 39.0 Å². The molecule has 0 aromatic heterocycles. The minimum Gasteiger partial charge on any atom is -0.374 e. The van der Waals surface area contributed by atoms with Gasteiger partial charge in [0.2, 0.25) is 0 Å². The standard InChI is InChI=1S/C10H16O2/c1-2-12-10-6-4-3-5-8(10)9(11)7-10/h8H,2-7H2,1H3. The highest BCUT2D eigenvalue weighted by Crippen LogP contribution is 2.48. The molecule has 2 heteroatoms. The highest BCUT2D eigenvalue weighted by molar-refractivity contribution is 5.90. The summed E-state index contributed by atoms with van der Waals surface area (Å²) in [5, 5.41) is 0. The minimum atomic E-state index is -0.00984. The Kier molecular flexibility index (Phi) is 1.95. The number of ether oxygens (including phenoxy) is 1. The maximum absolute atomic E-state index is 11.3. The van der Waals surface area contributed by atoms with Crippen LogP contribution in [0.2, 0.25) is 0 Å². The molecule has 68 valence electrons. The van der Waals surface area contributed by atoms with Crippen molar-refractivity contribution >= 4 is 5.78 Å². The largest absolute Gasteiger partial charge is 0.374 e. The van der Waals surface area contributed by atoms with Gasteiger partial charge in [-0.15, -0.1) is 0 Å². The average Bonchev–Trinajstić information content (AvgIpc) is 2.03. The number of hydrogen-bond acceptors (Lipinski definition) is 2. The number of carbonyl (C=O) groups excluding carboxylic acids is 1. The van der Waals surface area contributed by atoms with E-state index in [2.05, 4.69) is 0 Å². The third kappa shape index (κ3) is 1.01. The summed E-state index contributed by atoms with van der Waals surface area (Å²) in [5.41, 5.74) is -0.00984. The van der Waals surface area contributed by atoms with Crippen LogP contribution in [0.5, 0.6) is 0 Å². The summed E-state index contributed by atoms with van der Waals surface area (Å²) in [6, 6.07) is 0. The molecule has 12 heavy (non-hydrogen) atoms. The Morgan fingerprint density at radius 3 is 3.08 bits per heavy atom. The van der Waals surface area contributed by atoms with Gasteiger partial charge in [-0.05, 0) is 19.8 Å². The van der Waals surface area contributed by atoms with E-state index in [4.69, 9.17) is 4.74 Å². The van der Waals surface area contributed by atoms with Gasteiger partial charge in [-0.1, -0.05) is 12.8 Å². The van der Waals surface area contributed by atoms with Gasteiger partial charge in [0.1, 0.15) is 5.78 Å². The fourth-order valence-corrected chi connectivity index (χ4v) is 2.67. The van der Waals surface area contributed by atoms with Crippen LogP contribution >= 0.6 is 0 Å². The summed E-state index contributed by atoms with van der Waals surface area (Å²) >= 11 is 0. The topological polar surface area (TPSA) is 26.3 Å². The quantitative estimate of drug-likeness (QED) is 0.629. The zero-order chi connectivity index (χ0) is 8.60. The Bertz CT molecular complexity index is 196. The lowest BCUT2D eigenvalue weighted by atomic mass is 9.61. The molecule has 0 heterocycles. The Balaban J connectivity index is 2.07. The van der Waals surface area contributed by atoms with Crippen molar-refractivity contribution in [2.45, 2.75) is 44.6 Å². The van der Waals surface area contributed by atoms with E-state index in [1.807, 2.05) is 6.92 Å². The van der Waals surface area contributed by atoms with Crippen LogP contribution in [-0.4, -0.2) is 18.0 Å². The second kappa shape index (κ2) is 2.84. The van der Waals surface area contributed by atoms with Crippen LogP contribution in [0.4, 0.5) is 0 Å². The second-order valence-electron chi connectivity index (χ2n) is 3.94. The van der Waals surface area contributed by atoms with Crippen molar-refractivity contribution in [2.24, 2.45) is 5.92 Å². The molecule has 0 radical (unpaired) electrons. The highest BCUT2D eigenvalue weighted by atomic mass is 16.5. The van der Waals surface area contributed by atoms with Gasteiger partial charge in [-0.25, -0.2) is 0 Å². The summed E-state index contributed by atoms with van der Waals surface area (Å²) in [6.45, 7) is 2.77. The maximum Gasteiger partial charge on any atom is 0.141 e. The third-order valence-electron chi connectivity index (χ3n) is 3.27. The van der Waals surface area contributed by atoms with Crippen molar-refractivity contribution in [3.8, 4) is 0 Å². The molecular weight excluding hydrogens is 152 g/mol. The third-order valence-corrected chi connectivity index (χ3v) is 3.27. The lowest BCUT2D eigenvalue weighted by Crippen LogP contribution is -2.58. The molecule has 2 nitrogen and oxygen atoms in total. The molecular formula is C10H16O2. The van der Waals surface area contributed by atoms with Gasteiger partial charge in [0.25, 0.3) is 0 Å². The van der Waals surface area contributed by atoms with Gasteiger partial charge in [0.15, 0.2) is 0 Å². The van der Waals surface area contributed by atoms with Gasteiger partial charge in [0, 0.05) is 18.9 Å². The molecule has 0 N–H and O–H groups in total. The lowest BCUT2D eigenvalue weighted by Gasteiger charge is -2.50. The number of ketones is 1. The van der Waals surface area contributed by atoms with Crippen molar-refractivity contribution in [3.05, 3.63) is 0 Å². The zero-order valence-electron chi connectivity index (χ0n) is 7.64. The van der Waals surface area contributed by atoms with E-state index in [0.717, 1.165) is 19.4 Å². The molecule has 0 aromatic rings. The monoisotopic (exact) mass is 168 g/mol. The SMILES string of the molecule is CCOC12CCCCC1C(=O)C2. The van der Waals surface area contributed by atoms with Crippen LogP contribution in [0.25, 0.3) is 0 Å². The number of hydrogen-bond donors (Lipinski definition) is 0. The Morgan fingerprint density at radius 2 is 2.42 bits per heavy atom. The molecule has 2 rings (SSSR count). The molecule has 0 bridgehead atoms. The summed E-state index contributed by atoms with van der Waals surface area (Å²) in [6.07, 6.45) is 5.32. The van der Waals surface area contributed by atoms with Gasteiger partial charge in [0.05, 0.1) is 5.60 Å². The van der Waals surface area contributed by atoms with E-state index in [1.165, 1.54) is 12.8 Å². The van der Waals surface area contributed by atoms with E-state index >= 15 is 0 Å². The van der Waals surface area contributed by atoms with E-state index in [1.54, 1.807) is 0 Å². The molecule has 2 aliphatic carbocycles. The maximum atomic E-state index is 11.3. The first kappa shape index (κ1) is 8.24. The van der Waals surface area contributed by atoms with E-state index in [-0.39, 0.29) is 11.5 Å². The molecule has 2 atom stereocenters. The molecule has 2 unspecified atom stereocenters. The predicted octanol–water partition coefficient (Wildman–Crippen LogP) is 1.92.